The van der Waals surface area contributed by atoms with E-state index in [1.54, 1.807) is 13.0 Å². The van der Waals surface area contributed by atoms with Gasteiger partial charge in [0.05, 0.1) is 5.39 Å². The Morgan fingerprint density at radius 2 is 2.12 bits per heavy atom. The molecule has 2 N–H and O–H groups in total. The summed E-state index contributed by atoms with van der Waals surface area (Å²) >= 11 is 0. The lowest BCUT2D eigenvalue weighted by atomic mass is 10.0. The Hall–Kier alpha value is -2.57. The summed E-state index contributed by atoms with van der Waals surface area (Å²) in [6.45, 7) is 7.81. The highest BCUT2D eigenvalue weighted by atomic mass is 17.1. The van der Waals surface area contributed by atoms with Gasteiger partial charge in [-0.2, -0.15) is 0 Å². The van der Waals surface area contributed by atoms with Gasteiger partial charge in [-0.3, -0.25) is 5.26 Å². The third-order valence-electron chi connectivity index (χ3n) is 3.83. The van der Waals surface area contributed by atoms with Crippen LogP contribution in [0.1, 0.15) is 26.7 Å². The van der Waals surface area contributed by atoms with Gasteiger partial charge in [0.25, 0.3) is 0 Å². The normalized spacial score (nSPS) is 13.0. The summed E-state index contributed by atoms with van der Waals surface area (Å²) in [4.78, 5) is 15.7. The van der Waals surface area contributed by atoms with Crippen LogP contribution in [0.15, 0.2) is 57.3 Å². The van der Waals surface area contributed by atoms with E-state index in [4.69, 9.17) is 14.4 Å². The van der Waals surface area contributed by atoms with Crippen LogP contribution in [0.4, 0.5) is 0 Å². The Morgan fingerprint density at radius 3 is 2.80 bits per heavy atom. The zero-order valence-corrected chi connectivity index (χ0v) is 14.3. The summed E-state index contributed by atoms with van der Waals surface area (Å²) in [5, 5.41) is 19.2. The number of hydrogen-bond donors (Lipinski definition) is 2. The molecule has 0 aliphatic rings. The van der Waals surface area contributed by atoms with Crippen molar-refractivity contribution >= 4 is 11.0 Å². The van der Waals surface area contributed by atoms with E-state index in [1.807, 2.05) is 13.0 Å². The number of aromatic hydroxyl groups is 1. The molecule has 6 heteroatoms. The van der Waals surface area contributed by atoms with Crippen LogP contribution in [0, 0.1) is 0 Å². The van der Waals surface area contributed by atoms with Gasteiger partial charge in [0.1, 0.15) is 29.8 Å². The molecule has 0 bridgehead atoms. The Bertz CT molecular complexity index is 833. The number of phenols is 1. The fraction of sp³-hybridized carbons (Fsp3) is 0.316. The van der Waals surface area contributed by atoms with Crippen molar-refractivity contribution in [2.75, 3.05) is 6.61 Å². The highest BCUT2D eigenvalue weighted by Crippen LogP contribution is 2.29. The third-order valence-corrected chi connectivity index (χ3v) is 3.83. The zero-order valence-electron chi connectivity index (χ0n) is 14.3. The quantitative estimate of drug-likeness (QED) is 0.324. The minimum Gasteiger partial charge on any atom is -0.508 e. The molecule has 1 aromatic carbocycles. The summed E-state index contributed by atoms with van der Waals surface area (Å²) in [6, 6.07) is 5.75. The van der Waals surface area contributed by atoms with Gasteiger partial charge in [0.15, 0.2) is 0 Å². The van der Waals surface area contributed by atoms with E-state index in [2.05, 4.69) is 11.5 Å². The lowest BCUT2D eigenvalue weighted by molar-refractivity contribution is -0.269. The Kier molecular flexibility index (Phi) is 6.38. The smallest absolute Gasteiger partial charge is 0.336 e. The molecule has 1 unspecified atom stereocenters. The average Bonchev–Trinajstić information content (AvgIpc) is 2.54. The second-order valence-corrected chi connectivity index (χ2v) is 5.95. The van der Waals surface area contributed by atoms with Gasteiger partial charge in [-0.25, -0.2) is 9.68 Å². The molecular weight excluding hydrogens is 324 g/mol. The summed E-state index contributed by atoms with van der Waals surface area (Å²) in [7, 11) is 0. The zero-order chi connectivity index (χ0) is 18.4. The molecule has 0 radical (unpaired) electrons. The van der Waals surface area contributed by atoms with E-state index in [9.17, 15) is 9.90 Å². The minimum atomic E-state index is -0.488. The molecule has 1 atom stereocenters. The monoisotopic (exact) mass is 346 g/mol. The van der Waals surface area contributed by atoms with Crippen LogP contribution in [0.5, 0.6) is 11.5 Å². The first kappa shape index (κ1) is 18.8. The first-order valence-electron chi connectivity index (χ1n) is 7.91. The molecule has 0 saturated heterocycles. The van der Waals surface area contributed by atoms with Crippen molar-refractivity contribution < 1.29 is 24.4 Å². The maximum absolute atomic E-state index is 11.3. The van der Waals surface area contributed by atoms with Crippen LogP contribution < -0.4 is 10.4 Å². The molecular formula is C19H22O6. The van der Waals surface area contributed by atoms with Gasteiger partial charge < -0.3 is 14.3 Å². The lowest BCUT2D eigenvalue weighted by Gasteiger charge is -2.13. The summed E-state index contributed by atoms with van der Waals surface area (Å²) in [6.07, 6.45) is 2.86. The van der Waals surface area contributed by atoms with Crippen molar-refractivity contribution in [2.45, 2.75) is 32.8 Å². The second-order valence-electron chi connectivity index (χ2n) is 5.95. The van der Waals surface area contributed by atoms with Gasteiger partial charge in [-0.15, -0.1) is 0 Å². The van der Waals surface area contributed by atoms with E-state index >= 15 is 0 Å². The minimum absolute atomic E-state index is 0.0399. The van der Waals surface area contributed by atoms with E-state index < -0.39 is 5.63 Å². The molecule has 2 aromatic rings. The predicted molar refractivity (Wildman–Crippen MR) is 95.0 cm³/mol. The Labute approximate surface area is 145 Å². The van der Waals surface area contributed by atoms with Crippen molar-refractivity contribution in [3.63, 3.8) is 0 Å². The van der Waals surface area contributed by atoms with E-state index in [0.29, 0.717) is 24.2 Å². The topological polar surface area (TPSA) is 89.1 Å². The lowest BCUT2D eigenvalue weighted by Crippen LogP contribution is -2.11. The molecule has 0 saturated carbocycles. The fourth-order valence-electron chi connectivity index (χ4n) is 2.37. The SMILES string of the molecule is C=C(C)C(CCC(C)=CCOc1cc(O)cc2oc(=O)ccc12)OO. The Morgan fingerprint density at radius 1 is 1.36 bits per heavy atom. The largest absolute Gasteiger partial charge is 0.508 e. The van der Waals surface area contributed by atoms with Gasteiger partial charge in [0, 0.05) is 18.2 Å². The summed E-state index contributed by atoms with van der Waals surface area (Å²) < 4.78 is 10.7. The van der Waals surface area contributed by atoms with Crippen molar-refractivity contribution in [1.29, 1.82) is 0 Å². The number of fused-ring (bicyclic) bond motifs is 1. The summed E-state index contributed by atoms with van der Waals surface area (Å²) in [5.41, 5.74) is 1.61. The number of hydrogen-bond acceptors (Lipinski definition) is 6. The van der Waals surface area contributed by atoms with Crippen LogP contribution in [0.2, 0.25) is 0 Å². The first-order valence-corrected chi connectivity index (χ1v) is 7.91. The number of benzene rings is 1. The molecule has 1 aromatic heterocycles. The molecule has 0 aliphatic heterocycles. The van der Waals surface area contributed by atoms with E-state index in [-0.39, 0.29) is 17.4 Å². The van der Waals surface area contributed by atoms with Crippen LogP contribution >= 0.6 is 0 Å². The molecule has 0 amide bonds. The van der Waals surface area contributed by atoms with Gasteiger partial charge in [-0.05, 0) is 44.4 Å². The van der Waals surface area contributed by atoms with Gasteiger partial charge >= 0.3 is 5.63 Å². The molecule has 2 rings (SSSR count). The molecule has 0 aliphatic carbocycles. The molecule has 0 spiro atoms. The van der Waals surface area contributed by atoms with Crippen molar-refractivity contribution in [1.82, 2.24) is 0 Å². The molecule has 0 fully saturated rings. The Balaban J connectivity index is 2.02. The molecule has 6 nitrogen and oxygen atoms in total. The molecule has 1 heterocycles. The van der Waals surface area contributed by atoms with Crippen molar-refractivity contribution in [3.05, 3.63) is 58.5 Å². The van der Waals surface area contributed by atoms with Crippen molar-refractivity contribution in [2.24, 2.45) is 0 Å². The van der Waals surface area contributed by atoms with E-state index in [1.165, 1.54) is 18.2 Å². The number of allylic oxidation sites excluding steroid dienone is 1. The number of ether oxygens (including phenoxy) is 1. The van der Waals surface area contributed by atoms with Gasteiger partial charge in [0.2, 0.25) is 0 Å². The van der Waals surface area contributed by atoms with Crippen LogP contribution in [-0.2, 0) is 4.89 Å². The predicted octanol–water partition coefficient (Wildman–Crippen LogP) is 4.04. The van der Waals surface area contributed by atoms with Crippen LogP contribution in [-0.4, -0.2) is 23.1 Å². The van der Waals surface area contributed by atoms with Crippen LogP contribution in [0.25, 0.3) is 11.0 Å². The van der Waals surface area contributed by atoms with Gasteiger partial charge in [-0.1, -0.05) is 12.2 Å². The number of phenolic OH excluding ortho intramolecular Hbond substituents is 1. The van der Waals surface area contributed by atoms with Crippen LogP contribution in [0.3, 0.4) is 0 Å². The third kappa shape index (κ3) is 5.20. The first-order chi connectivity index (χ1) is 11.9. The van der Waals surface area contributed by atoms with E-state index in [0.717, 1.165) is 17.6 Å². The summed E-state index contributed by atoms with van der Waals surface area (Å²) in [5.74, 6) is 0.392. The molecule has 25 heavy (non-hydrogen) atoms. The standard InChI is InChI=1S/C19H22O6/c1-12(2)16(25-22)6-4-13(3)8-9-23-17-10-14(20)11-18-15(17)5-7-19(21)24-18/h5,7-8,10-11,16,20,22H,1,4,6,9H2,2-3H3. The number of rotatable bonds is 8. The van der Waals surface area contributed by atoms with Crippen molar-refractivity contribution in [3.8, 4) is 11.5 Å². The second kappa shape index (κ2) is 8.50. The molecule has 134 valence electrons. The highest BCUT2D eigenvalue weighted by molar-refractivity contribution is 5.84. The maximum Gasteiger partial charge on any atom is 0.336 e. The fourth-order valence-corrected chi connectivity index (χ4v) is 2.37. The highest BCUT2D eigenvalue weighted by Gasteiger charge is 2.10. The maximum atomic E-state index is 11.3. The average molecular weight is 346 g/mol.